The molecule has 1 unspecified atom stereocenters. The summed E-state index contributed by atoms with van der Waals surface area (Å²) in [6.07, 6.45) is -0.322. The SMILES string of the molecule is COc1cccc(C(C)(CC(=O)O)NC(=O)c2cc(OC)no2)c1. The minimum Gasteiger partial charge on any atom is -0.497 e. The summed E-state index contributed by atoms with van der Waals surface area (Å²) in [5.41, 5.74) is -0.582. The van der Waals surface area contributed by atoms with Gasteiger partial charge in [0.05, 0.1) is 32.2 Å². The third-order valence-corrected chi connectivity index (χ3v) is 3.52. The minimum atomic E-state index is -1.17. The van der Waals surface area contributed by atoms with Gasteiger partial charge in [0.2, 0.25) is 5.76 Å². The molecule has 1 heterocycles. The fourth-order valence-electron chi connectivity index (χ4n) is 2.26. The fourth-order valence-corrected chi connectivity index (χ4v) is 2.26. The van der Waals surface area contributed by atoms with Crippen LogP contribution >= 0.6 is 0 Å². The van der Waals surface area contributed by atoms with E-state index in [1.165, 1.54) is 20.3 Å². The molecule has 0 aliphatic heterocycles. The van der Waals surface area contributed by atoms with E-state index in [1.807, 2.05) is 0 Å². The summed E-state index contributed by atoms with van der Waals surface area (Å²) in [6.45, 7) is 1.61. The second-order valence-electron chi connectivity index (χ2n) is 5.32. The van der Waals surface area contributed by atoms with Crippen LogP contribution in [0.4, 0.5) is 0 Å². The summed E-state index contributed by atoms with van der Waals surface area (Å²) in [5, 5.41) is 15.5. The van der Waals surface area contributed by atoms with E-state index in [4.69, 9.17) is 14.0 Å². The predicted octanol–water partition coefficient (Wildman–Crippen LogP) is 1.81. The lowest BCUT2D eigenvalue weighted by atomic mass is 9.88. The Labute approximate surface area is 138 Å². The van der Waals surface area contributed by atoms with E-state index in [0.29, 0.717) is 11.3 Å². The molecule has 2 aromatic rings. The van der Waals surface area contributed by atoms with Gasteiger partial charge in [0.15, 0.2) is 0 Å². The number of methoxy groups -OCH3 is 2. The third kappa shape index (κ3) is 3.83. The normalized spacial score (nSPS) is 13.0. The average molecular weight is 334 g/mol. The first-order valence-corrected chi connectivity index (χ1v) is 7.07. The second-order valence-corrected chi connectivity index (χ2v) is 5.32. The topological polar surface area (TPSA) is 111 Å². The van der Waals surface area contributed by atoms with Crippen molar-refractivity contribution < 1.29 is 28.7 Å². The number of hydrogen-bond donors (Lipinski definition) is 2. The molecule has 1 atom stereocenters. The lowest BCUT2D eigenvalue weighted by Gasteiger charge is -2.29. The Morgan fingerprint density at radius 3 is 2.62 bits per heavy atom. The Hall–Kier alpha value is -3.03. The summed E-state index contributed by atoms with van der Waals surface area (Å²) in [4.78, 5) is 23.6. The molecular formula is C16H18N2O6. The Kier molecular flexibility index (Phi) is 5.08. The molecule has 0 radical (unpaired) electrons. The number of benzene rings is 1. The molecule has 8 heteroatoms. The standard InChI is InChI=1S/C16H18N2O6/c1-16(9-14(19)20,10-5-4-6-11(7-10)22-2)17-15(21)12-8-13(23-3)18-24-12/h4-8H,9H2,1-3H3,(H,17,21)(H,19,20). The molecule has 1 amide bonds. The van der Waals surface area contributed by atoms with Crippen molar-refractivity contribution in [1.29, 1.82) is 0 Å². The Morgan fingerprint density at radius 1 is 1.29 bits per heavy atom. The van der Waals surface area contributed by atoms with E-state index in [0.717, 1.165) is 0 Å². The highest BCUT2D eigenvalue weighted by atomic mass is 16.5. The second kappa shape index (κ2) is 7.03. The lowest BCUT2D eigenvalue weighted by Crippen LogP contribution is -2.45. The quantitative estimate of drug-likeness (QED) is 0.794. The van der Waals surface area contributed by atoms with Crippen molar-refractivity contribution in [3.63, 3.8) is 0 Å². The zero-order chi connectivity index (χ0) is 17.7. The molecule has 0 bridgehead atoms. The molecule has 0 aliphatic carbocycles. The van der Waals surface area contributed by atoms with Crippen LogP contribution in [0.5, 0.6) is 11.6 Å². The molecule has 1 aromatic heterocycles. The van der Waals surface area contributed by atoms with E-state index in [-0.39, 0.29) is 18.1 Å². The first-order chi connectivity index (χ1) is 11.4. The van der Waals surface area contributed by atoms with Crippen LogP contribution in [0.3, 0.4) is 0 Å². The van der Waals surface area contributed by atoms with Crippen LogP contribution in [-0.4, -0.2) is 36.4 Å². The number of nitrogens with zero attached hydrogens (tertiary/aromatic N) is 1. The first-order valence-electron chi connectivity index (χ1n) is 7.07. The minimum absolute atomic E-state index is 0.0774. The molecule has 2 N–H and O–H groups in total. The summed E-state index contributed by atoms with van der Waals surface area (Å²) < 4.78 is 14.9. The fraction of sp³-hybridized carbons (Fsp3) is 0.312. The maximum Gasteiger partial charge on any atom is 0.306 e. The zero-order valence-electron chi connectivity index (χ0n) is 13.5. The first kappa shape index (κ1) is 17.3. The number of amides is 1. The van der Waals surface area contributed by atoms with Crippen molar-refractivity contribution in [2.45, 2.75) is 18.9 Å². The number of ether oxygens (including phenoxy) is 2. The van der Waals surface area contributed by atoms with Crippen molar-refractivity contribution in [3.05, 3.63) is 41.7 Å². The largest absolute Gasteiger partial charge is 0.497 e. The Morgan fingerprint density at radius 2 is 2.04 bits per heavy atom. The van der Waals surface area contributed by atoms with Gasteiger partial charge in [-0.15, -0.1) is 0 Å². The molecule has 128 valence electrons. The van der Waals surface area contributed by atoms with Gasteiger partial charge in [-0.05, 0) is 29.8 Å². The molecule has 0 saturated heterocycles. The molecule has 1 aromatic carbocycles. The van der Waals surface area contributed by atoms with Crippen molar-refractivity contribution in [2.24, 2.45) is 0 Å². The number of carboxylic acids is 1. The number of carboxylic acid groups (broad SMARTS) is 1. The zero-order valence-corrected chi connectivity index (χ0v) is 13.5. The number of hydrogen-bond acceptors (Lipinski definition) is 6. The number of rotatable bonds is 7. The van der Waals surface area contributed by atoms with Crippen LogP contribution < -0.4 is 14.8 Å². The van der Waals surface area contributed by atoms with Gasteiger partial charge in [-0.1, -0.05) is 12.1 Å². The van der Waals surface area contributed by atoms with Gasteiger partial charge in [0.1, 0.15) is 5.75 Å². The van der Waals surface area contributed by atoms with Crippen LogP contribution in [0.1, 0.15) is 29.5 Å². The van der Waals surface area contributed by atoms with Crippen LogP contribution in [0.2, 0.25) is 0 Å². The van der Waals surface area contributed by atoms with E-state index < -0.39 is 17.4 Å². The number of carbonyl (C=O) groups is 2. The maximum absolute atomic E-state index is 12.4. The summed E-state index contributed by atoms with van der Waals surface area (Å²) in [6, 6.07) is 8.16. The highest BCUT2D eigenvalue weighted by Crippen LogP contribution is 2.28. The third-order valence-electron chi connectivity index (χ3n) is 3.52. The van der Waals surface area contributed by atoms with Gasteiger partial charge in [-0.2, -0.15) is 0 Å². The van der Waals surface area contributed by atoms with E-state index in [2.05, 4.69) is 10.5 Å². The van der Waals surface area contributed by atoms with Crippen molar-refractivity contribution in [2.75, 3.05) is 14.2 Å². The van der Waals surface area contributed by atoms with Gasteiger partial charge in [0, 0.05) is 0 Å². The average Bonchev–Trinajstić information content (AvgIpc) is 3.03. The highest BCUT2D eigenvalue weighted by Gasteiger charge is 2.33. The lowest BCUT2D eigenvalue weighted by molar-refractivity contribution is -0.138. The molecule has 0 spiro atoms. The van der Waals surface area contributed by atoms with Crippen LogP contribution in [0.25, 0.3) is 0 Å². The number of carbonyl (C=O) groups excluding carboxylic acids is 1. The smallest absolute Gasteiger partial charge is 0.306 e. The summed E-state index contributed by atoms with van der Waals surface area (Å²) in [5.74, 6) is -1.03. The highest BCUT2D eigenvalue weighted by molar-refractivity contribution is 5.92. The number of nitrogens with one attached hydrogen (secondary N) is 1. The van der Waals surface area contributed by atoms with Crippen molar-refractivity contribution in [1.82, 2.24) is 10.5 Å². The molecule has 0 fully saturated rings. The van der Waals surface area contributed by atoms with Crippen LogP contribution in [-0.2, 0) is 10.3 Å². The van der Waals surface area contributed by atoms with Gasteiger partial charge in [-0.25, -0.2) is 0 Å². The van der Waals surface area contributed by atoms with Gasteiger partial charge in [0.25, 0.3) is 11.8 Å². The summed E-state index contributed by atoms with van der Waals surface area (Å²) >= 11 is 0. The Bertz CT molecular complexity index is 742. The van der Waals surface area contributed by atoms with Crippen LogP contribution in [0, 0.1) is 0 Å². The van der Waals surface area contributed by atoms with Crippen molar-refractivity contribution >= 4 is 11.9 Å². The van der Waals surface area contributed by atoms with E-state index in [1.54, 1.807) is 31.2 Å². The number of aliphatic carboxylic acids is 1. The van der Waals surface area contributed by atoms with Gasteiger partial charge >= 0.3 is 5.97 Å². The van der Waals surface area contributed by atoms with Gasteiger partial charge in [-0.3, -0.25) is 9.59 Å². The van der Waals surface area contributed by atoms with Crippen molar-refractivity contribution in [3.8, 4) is 11.6 Å². The van der Waals surface area contributed by atoms with Crippen LogP contribution in [0.15, 0.2) is 34.9 Å². The molecule has 0 saturated carbocycles. The van der Waals surface area contributed by atoms with E-state index >= 15 is 0 Å². The molecule has 0 aliphatic rings. The number of aromatic nitrogens is 1. The summed E-state index contributed by atoms with van der Waals surface area (Å²) in [7, 11) is 2.90. The predicted molar refractivity (Wildman–Crippen MR) is 83.1 cm³/mol. The van der Waals surface area contributed by atoms with Gasteiger partial charge < -0.3 is 24.4 Å². The maximum atomic E-state index is 12.4. The Balaban J connectivity index is 2.32. The molecular weight excluding hydrogens is 316 g/mol. The molecule has 2 rings (SSSR count). The van der Waals surface area contributed by atoms with E-state index in [9.17, 15) is 14.7 Å². The monoisotopic (exact) mass is 334 g/mol. The molecule has 8 nitrogen and oxygen atoms in total. The molecule has 24 heavy (non-hydrogen) atoms.